The molecule has 0 atom stereocenters. The third-order valence-electron chi connectivity index (χ3n) is 0.200. The molecule has 0 saturated heterocycles. The third-order valence-corrected chi connectivity index (χ3v) is 1.80. The van der Waals surface area contributed by atoms with E-state index in [9.17, 15) is 28.7 Å². The van der Waals surface area contributed by atoms with Crippen LogP contribution in [0, 0.1) is 0 Å². The zero-order chi connectivity index (χ0) is 7.71. The number of hydrogen-bond donors (Lipinski definition) is 0. The normalized spacial score (nSPS) is 8.86. The Morgan fingerprint density at radius 1 is 0.714 bits per heavy atom. The average molecular weight is 338 g/mol. The van der Waals surface area contributed by atoms with Gasteiger partial charge in [-0.3, -0.25) is 0 Å². The van der Waals surface area contributed by atoms with Gasteiger partial charge in [0, 0.05) is 0 Å². The monoisotopic (exact) mass is 338 g/mol. The van der Waals surface area contributed by atoms with E-state index < -0.39 is 15.6 Å². The molecule has 14 heteroatoms. The summed E-state index contributed by atoms with van der Waals surface area (Å²) in [6.45, 7) is 0. The van der Waals surface area contributed by atoms with Gasteiger partial charge in [-0.15, -0.1) is 0 Å². The van der Waals surface area contributed by atoms with Crippen LogP contribution in [0.4, 0.5) is 0 Å². The van der Waals surface area contributed by atoms with Crippen molar-refractivity contribution in [1.82, 2.24) is 0 Å². The van der Waals surface area contributed by atoms with Crippen LogP contribution in [0.2, 0.25) is 0 Å². The molecular weight excluding hydrogens is 332 g/mol. The minimum Gasteiger partial charge on any atom is -0.790 e. The molecule has 0 amide bonds. The summed E-state index contributed by atoms with van der Waals surface area (Å²) < 4.78 is 21.2. The molecular formula is H6Mn2O10P2. The molecule has 0 aliphatic rings. The summed E-state index contributed by atoms with van der Waals surface area (Å²) in [7, 11) is -11.4. The van der Waals surface area contributed by atoms with E-state index >= 15 is 0 Å². The molecule has 0 aliphatic carbocycles. The summed E-state index contributed by atoms with van der Waals surface area (Å²) in [6, 6.07) is 0. The van der Waals surface area contributed by atoms with Gasteiger partial charge in [0.25, 0.3) is 0 Å². The zero-order valence-corrected chi connectivity index (χ0v) is 10.2. The summed E-state index contributed by atoms with van der Waals surface area (Å²) in [5.74, 6) is 0. The van der Waals surface area contributed by atoms with Crippen LogP contribution in [0.1, 0.15) is 0 Å². The Morgan fingerprint density at radius 2 is 0.857 bits per heavy atom. The first-order chi connectivity index (χ1) is 3.71. The van der Waals surface area contributed by atoms with Crippen LogP contribution >= 0.6 is 15.6 Å². The number of phosphoric acid groups is 2. The molecule has 0 bridgehead atoms. The van der Waals surface area contributed by atoms with E-state index in [1.54, 1.807) is 0 Å². The zero-order valence-electron chi connectivity index (χ0n) is 6.01. The minimum absolute atomic E-state index is 0. The molecule has 0 aromatic rings. The van der Waals surface area contributed by atoms with E-state index in [1.807, 2.05) is 0 Å². The predicted molar refractivity (Wildman–Crippen MR) is 27.1 cm³/mol. The fraction of sp³-hybridized carbons (Fsp3) is 0. The van der Waals surface area contributed by atoms with E-state index in [0.29, 0.717) is 0 Å². The van der Waals surface area contributed by atoms with Crippen molar-refractivity contribution in [3.63, 3.8) is 0 Å². The van der Waals surface area contributed by atoms with Crippen molar-refractivity contribution in [2.45, 2.75) is 0 Å². The first-order valence-electron chi connectivity index (χ1n) is 1.46. The summed E-state index contributed by atoms with van der Waals surface area (Å²) in [4.78, 5) is 37.3. The van der Waals surface area contributed by atoms with E-state index in [-0.39, 0.29) is 50.6 Å². The molecule has 0 rings (SSSR count). The second kappa shape index (κ2) is 12.2. The van der Waals surface area contributed by atoms with E-state index in [2.05, 4.69) is 4.31 Å². The third kappa shape index (κ3) is 37.9. The molecule has 0 aromatic carbocycles. The molecule has 90 valence electrons. The maximum atomic E-state index is 9.32. The van der Waals surface area contributed by atoms with Crippen molar-refractivity contribution >= 4 is 15.6 Å². The molecule has 0 saturated carbocycles. The van der Waals surface area contributed by atoms with Crippen LogP contribution in [-0.2, 0) is 47.6 Å². The molecule has 0 aromatic heterocycles. The Kier molecular flexibility index (Phi) is 31.7. The van der Waals surface area contributed by atoms with Crippen LogP contribution in [0.5, 0.6) is 0 Å². The number of hydrogen-bond acceptors (Lipinski definition) is 7. The van der Waals surface area contributed by atoms with Gasteiger partial charge >= 0.3 is 34.1 Å². The maximum Gasteiger partial charge on any atom is 2.00 e. The van der Waals surface area contributed by atoms with Crippen LogP contribution in [-0.4, -0.2) is 16.4 Å². The molecule has 0 aliphatic heterocycles. The summed E-state index contributed by atoms with van der Waals surface area (Å²) in [5, 5.41) is 0. The van der Waals surface area contributed by atoms with Crippen molar-refractivity contribution in [2.75, 3.05) is 0 Å². The van der Waals surface area contributed by atoms with Crippen molar-refractivity contribution in [3.8, 4) is 0 Å². The smallest absolute Gasteiger partial charge is 0.790 e. The van der Waals surface area contributed by atoms with Gasteiger partial charge < -0.3 is 49.4 Å². The SMILES string of the molecule is O.O.O.O=P([O-])([O-])OP(=O)([O-])[O-].[Mn+2].[Mn+2]. The average Bonchev–Trinajstić information content (AvgIpc) is 1.14. The van der Waals surface area contributed by atoms with Crippen molar-refractivity contribution in [3.05, 3.63) is 0 Å². The Balaban J connectivity index is -0.0000000320. The molecule has 0 heterocycles. The van der Waals surface area contributed by atoms with Gasteiger partial charge in [-0.2, -0.15) is 0 Å². The van der Waals surface area contributed by atoms with E-state index in [1.165, 1.54) is 0 Å². The quantitative estimate of drug-likeness (QED) is 0.349. The molecule has 2 radical (unpaired) electrons. The predicted octanol–water partition coefficient (Wildman–Crippen LogP) is -5.82. The van der Waals surface area contributed by atoms with Gasteiger partial charge in [0.05, 0.1) is 15.6 Å². The van der Waals surface area contributed by atoms with E-state index in [4.69, 9.17) is 0 Å². The molecule has 6 N–H and O–H groups in total. The van der Waals surface area contributed by atoms with Crippen LogP contribution < -0.4 is 19.6 Å². The Bertz CT molecular complexity index is 157. The minimum atomic E-state index is -5.68. The molecule has 14 heavy (non-hydrogen) atoms. The van der Waals surface area contributed by atoms with Crippen molar-refractivity contribution in [1.29, 1.82) is 0 Å². The van der Waals surface area contributed by atoms with Crippen LogP contribution in [0.3, 0.4) is 0 Å². The van der Waals surface area contributed by atoms with E-state index in [0.717, 1.165) is 0 Å². The molecule has 0 unspecified atom stereocenters. The van der Waals surface area contributed by atoms with Gasteiger partial charge in [-0.25, -0.2) is 0 Å². The van der Waals surface area contributed by atoms with Gasteiger partial charge in [0.1, 0.15) is 0 Å². The van der Waals surface area contributed by atoms with Crippen molar-refractivity contribution in [2.24, 2.45) is 0 Å². The largest absolute Gasteiger partial charge is 2.00 e. The Morgan fingerprint density at radius 3 is 0.857 bits per heavy atom. The van der Waals surface area contributed by atoms with Crippen molar-refractivity contribution < 1.29 is 83.6 Å². The summed E-state index contributed by atoms with van der Waals surface area (Å²) >= 11 is 0. The number of rotatable bonds is 2. The summed E-state index contributed by atoms with van der Waals surface area (Å²) in [6.07, 6.45) is 0. The second-order valence-electron chi connectivity index (χ2n) is 0.976. The fourth-order valence-corrected chi connectivity index (χ4v) is 1.10. The molecule has 0 fully saturated rings. The van der Waals surface area contributed by atoms with Gasteiger partial charge in [0.15, 0.2) is 0 Å². The molecule has 0 spiro atoms. The van der Waals surface area contributed by atoms with Gasteiger partial charge in [-0.05, 0) is 0 Å². The van der Waals surface area contributed by atoms with Gasteiger partial charge in [0.2, 0.25) is 0 Å². The maximum absolute atomic E-state index is 9.32. The Labute approximate surface area is 99.4 Å². The van der Waals surface area contributed by atoms with Crippen LogP contribution in [0.15, 0.2) is 0 Å². The first kappa shape index (κ1) is 36.2. The fourth-order valence-electron chi connectivity index (χ4n) is 0.122. The molecule has 10 nitrogen and oxygen atoms in total. The standard InChI is InChI=1S/2Mn.H4O7P2.3H2O/c;;1-8(2,3)7-9(4,5)6;;;/h;;(H2,1,2,3)(H2,4,5,6);3*1H2/q2*+2;;;;/p-4. The Hall–Kier alpha value is 1.18. The topological polar surface area (TPSA) is 230 Å². The summed E-state index contributed by atoms with van der Waals surface area (Å²) in [5.41, 5.74) is 0. The second-order valence-corrected chi connectivity index (χ2v) is 3.42. The van der Waals surface area contributed by atoms with Crippen LogP contribution in [0.25, 0.3) is 0 Å². The van der Waals surface area contributed by atoms with Gasteiger partial charge in [-0.1, -0.05) is 0 Å². The first-order valence-corrected chi connectivity index (χ1v) is 4.38.